The fourth-order valence-electron chi connectivity index (χ4n) is 2.74. The summed E-state index contributed by atoms with van der Waals surface area (Å²) in [6, 6.07) is 3.13. The van der Waals surface area contributed by atoms with Gasteiger partial charge in [0.05, 0.1) is 6.07 Å². The molecule has 0 aromatic carbocycles. The average Bonchev–Trinajstić information content (AvgIpc) is 3.13. The minimum Gasteiger partial charge on any atom is -0.312 e. The molecular formula is C13H19N5S. The lowest BCUT2D eigenvalue weighted by Gasteiger charge is -2.36. The van der Waals surface area contributed by atoms with Crippen LogP contribution in [-0.2, 0) is 7.05 Å². The Morgan fingerprint density at radius 1 is 1.53 bits per heavy atom. The van der Waals surface area contributed by atoms with Crippen LogP contribution in [0.5, 0.6) is 0 Å². The molecule has 0 aliphatic heterocycles. The van der Waals surface area contributed by atoms with Gasteiger partial charge in [-0.2, -0.15) is 5.26 Å². The second-order valence-corrected chi connectivity index (χ2v) is 6.94. The van der Waals surface area contributed by atoms with Crippen LogP contribution < -0.4 is 5.32 Å². The molecule has 2 aliphatic carbocycles. The number of hydrogen-bond acceptors (Lipinski definition) is 5. The minimum atomic E-state index is -0.310. The van der Waals surface area contributed by atoms with Gasteiger partial charge in [0, 0.05) is 18.3 Å². The Labute approximate surface area is 117 Å². The lowest BCUT2D eigenvalue weighted by Crippen LogP contribution is -2.49. The summed E-state index contributed by atoms with van der Waals surface area (Å²) >= 11 is 1.76. The molecule has 0 spiro atoms. The van der Waals surface area contributed by atoms with Crippen molar-refractivity contribution >= 4 is 11.8 Å². The predicted octanol–water partition coefficient (Wildman–Crippen LogP) is 1.86. The summed E-state index contributed by atoms with van der Waals surface area (Å²) in [5, 5.41) is 22.6. The van der Waals surface area contributed by atoms with Crippen molar-refractivity contribution in [3.8, 4) is 6.07 Å². The van der Waals surface area contributed by atoms with Crippen molar-refractivity contribution < 1.29 is 0 Å². The first-order valence-corrected chi connectivity index (χ1v) is 7.78. The molecule has 6 heteroatoms. The maximum absolute atomic E-state index is 9.56. The van der Waals surface area contributed by atoms with E-state index in [-0.39, 0.29) is 5.54 Å². The first-order chi connectivity index (χ1) is 9.21. The largest absolute Gasteiger partial charge is 0.312 e. The van der Waals surface area contributed by atoms with Gasteiger partial charge < -0.3 is 4.57 Å². The van der Waals surface area contributed by atoms with E-state index in [9.17, 15) is 5.26 Å². The number of nitrogens with zero attached hydrogens (tertiary/aromatic N) is 4. The summed E-state index contributed by atoms with van der Waals surface area (Å²) < 4.78 is 1.95. The first-order valence-electron chi connectivity index (χ1n) is 6.90. The number of thioether (sulfide) groups is 1. The number of nitrogens with one attached hydrogen (secondary N) is 1. The molecule has 5 nitrogen and oxygen atoms in total. The second kappa shape index (κ2) is 5.14. The van der Waals surface area contributed by atoms with Gasteiger partial charge in [-0.3, -0.25) is 5.32 Å². The molecule has 1 N–H and O–H groups in total. The molecule has 1 aromatic heterocycles. The third-order valence-corrected chi connectivity index (χ3v) is 5.24. The predicted molar refractivity (Wildman–Crippen MR) is 73.6 cm³/mol. The second-order valence-electron chi connectivity index (χ2n) is 5.67. The normalized spacial score (nSPS) is 31.1. The Bertz CT molecular complexity index is 489. The Hall–Kier alpha value is -1.06. The van der Waals surface area contributed by atoms with Gasteiger partial charge in [-0.1, -0.05) is 11.8 Å². The van der Waals surface area contributed by atoms with Crippen LogP contribution in [0.4, 0.5) is 0 Å². The topological polar surface area (TPSA) is 66.5 Å². The van der Waals surface area contributed by atoms with E-state index in [2.05, 4.69) is 21.6 Å². The molecule has 2 fully saturated rings. The highest BCUT2D eigenvalue weighted by molar-refractivity contribution is 7.99. The fraction of sp³-hybridized carbons (Fsp3) is 0.769. The van der Waals surface area contributed by atoms with Crippen LogP contribution in [0.25, 0.3) is 0 Å². The Morgan fingerprint density at radius 2 is 2.37 bits per heavy atom. The zero-order valence-electron chi connectivity index (χ0n) is 11.2. The quantitative estimate of drug-likeness (QED) is 0.910. The van der Waals surface area contributed by atoms with Gasteiger partial charge in [0.25, 0.3) is 0 Å². The summed E-state index contributed by atoms with van der Waals surface area (Å²) in [4.78, 5) is 0. The van der Waals surface area contributed by atoms with E-state index in [0.29, 0.717) is 11.3 Å². The van der Waals surface area contributed by atoms with Crippen LogP contribution >= 0.6 is 11.8 Å². The van der Waals surface area contributed by atoms with Crippen LogP contribution in [0, 0.1) is 11.3 Å². The van der Waals surface area contributed by atoms with E-state index >= 15 is 0 Å². The molecule has 2 atom stereocenters. The van der Waals surface area contributed by atoms with E-state index in [1.165, 1.54) is 12.8 Å². The zero-order valence-corrected chi connectivity index (χ0v) is 12.0. The van der Waals surface area contributed by atoms with Crippen molar-refractivity contribution in [2.75, 3.05) is 0 Å². The molecule has 2 aliphatic rings. The molecule has 3 rings (SSSR count). The first kappa shape index (κ1) is 12.9. The van der Waals surface area contributed by atoms with Gasteiger partial charge in [0.15, 0.2) is 5.16 Å². The number of nitriles is 1. The van der Waals surface area contributed by atoms with Crippen molar-refractivity contribution in [3.63, 3.8) is 0 Å². The van der Waals surface area contributed by atoms with E-state index in [0.717, 1.165) is 30.8 Å². The van der Waals surface area contributed by atoms with Crippen molar-refractivity contribution in [1.29, 1.82) is 5.26 Å². The van der Waals surface area contributed by atoms with E-state index < -0.39 is 0 Å². The lowest BCUT2D eigenvalue weighted by molar-refractivity contribution is 0.301. The molecule has 102 valence electrons. The van der Waals surface area contributed by atoms with Crippen molar-refractivity contribution in [1.82, 2.24) is 20.1 Å². The van der Waals surface area contributed by atoms with Gasteiger partial charge >= 0.3 is 0 Å². The third-order valence-electron chi connectivity index (χ3n) is 3.92. The van der Waals surface area contributed by atoms with Gasteiger partial charge in [-0.05, 0) is 38.5 Å². The maximum atomic E-state index is 9.56. The average molecular weight is 277 g/mol. The number of rotatable bonds is 4. The highest BCUT2D eigenvalue weighted by Gasteiger charge is 2.41. The standard InChI is InChI=1S/C13H19N5S/c1-18-9-15-17-12(18)19-11-3-2-6-13(7-11,8-14)16-10-4-5-10/h9-11,16H,2-7H2,1H3. The summed E-state index contributed by atoms with van der Waals surface area (Å²) in [6.07, 6.45) is 8.35. The molecule has 1 heterocycles. The molecular weight excluding hydrogens is 258 g/mol. The van der Waals surface area contributed by atoms with E-state index in [1.807, 2.05) is 11.6 Å². The summed E-state index contributed by atoms with van der Waals surface area (Å²) in [7, 11) is 1.96. The molecule has 1 aromatic rings. The zero-order chi connectivity index (χ0) is 13.3. The van der Waals surface area contributed by atoms with Crippen LogP contribution in [0.3, 0.4) is 0 Å². The number of aryl methyl sites for hydroxylation is 1. The SMILES string of the molecule is Cn1cnnc1SC1CCCC(C#N)(NC2CC2)C1. The van der Waals surface area contributed by atoms with E-state index in [4.69, 9.17) is 0 Å². The lowest BCUT2D eigenvalue weighted by atomic mass is 9.82. The molecule has 0 bridgehead atoms. The minimum absolute atomic E-state index is 0.310. The van der Waals surface area contributed by atoms with Crippen LogP contribution in [0.2, 0.25) is 0 Å². The van der Waals surface area contributed by atoms with Gasteiger partial charge in [0.1, 0.15) is 11.9 Å². The highest BCUT2D eigenvalue weighted by Crippen LogP contribution is 2.39. The van der Waals surface area contributed by atoms with Crippen molar-refractivity contribution in [2.45, 2.75) is 60.5 Å². The molecule has 19 heavy (non-hydrogen) atoms. The summed E-state index contributed by atoms with van der Waals surface area (Å²) in [6.45, 7) is 0. The maximum Gasteiger partial charge on any atom is 0.191 e. The van der Waals surface area contributed by atoms with E-state index in [1.54, 1.807) is 18.1 Å². The molecule has 2 saturated carbocycles. The highest BCUT2D eigenvalue weighted by atomic mass is 32.2. The molecule has 0 amide bonds. The summed E-state index contributed by atoms with van der Waals surface area (Å²) in [5.41, 5.74) is -0.310. The smallest absolute Gasteiger partial charge is 0.191 e. The Kier molecular flexibility index (Phi) is 3.50. The van der Waals surface area contributed by atoms with Gasteiger partial charge in [0.2, 0.25) is 0 Å². The van der Waals surface area contributed by atoms with Gasteiger partial charge in [-0.25, -0.2) is 0 Å². The Morgan fingerprint density at radius 3 is 3.00 bits per heavy atom. The van der Waals surface area contributed by atoms with Crippen molar-refractivity contribution in [2.24, 2.45) is 7.05 Å². The van der Waals surface area contributed by atoms with Crippen LogP contribution in [-0.4, -0.2) is 31.6 Å². The number of hydrogen-bond donors (Lipinski definition) is 1. The Balaban J connectivity index is 1.66. The monoisotopic (exact) mass is 277 g/mol. The molecule has 0 radical (unpaired) electrons. The van der Waals surface area contributed by atoms with Crippen LogP contribution in [0.15, 0.2) is 11.5 Å². The summed E-state index contributed by atoms with van der Waals surface area (Å²) in [5.74, 6) is 0. The van der Waals surface area contributed by atoms with Gasteiger partial charge in [-0.15, -0.1) is 10.2 Å². The van der Waals surface area contributed by atoms with Crippen LogP contribution in [0.1, 0.15) is 38.5 Å². The van der Waals surface area contributed by atoms with Crippen molar-refractivity contribution in [3.05, 3.63) is 6.33 Å². The third kappa shape index (κ3) is 2.93. The molecule has 2 unspecified atom stereocenters. The fourth-order valence-corrected chi connectivity index (χ4v) is 3.99. The number of aromatic nitrogens is 3. The molecule has 0 saturated heterocycles.